The lowest BCUT2D eigenvalue weighted by molar-refractivity contribution is 0.201. The first-order chi connectivity index (χ1) is 8.22. The second-order valence-electron chi connectivity index (χ2n) is 5.05. The molecule has 104 valence electrons. The summed E-state index contributed by atoms with van der Waals surface area (Å²) in [5, 5.41) is 17.5. The minimum atomic E-state index is 0.313. The molecule has 0 atom stereocenters. The van der Waals surface area contributed by atoms with E-state index >= 15 is 0 Å². The molecule has 0 spiro atoms. The molecule has 0 heterocycles. The number of aliphatic hydroxyl groups excluding tert-OH is 2. The van der Waals surface area contributed by atoms with Gasteiger partial charge in [-0.15, -0.1) is 0 Å². The Balaban J connectivity index is 3.49. The van der Waals surface area contributed by atoms with Gasteiger partial charge in [0.15, 0.2) is 0 Å². The zero-order valence-electron chi connectivity index (χ0n) is 11.7. The SMILES string of the molecule is CC(C)N(CCCCO)CCCCCCCO. The van der Waals surface area contributed by atoms with Crippen molar-refractivity contribution < 1.29 is 10.2 Å². The van der Waals surface area contributed by atoms with Crippen molar-refractivity contribution in [3.05, 3.63) is 0 Å². The normalized spacial score (nSPS) is 11.6. The Kier molecular flexibility index (Phi) is 12.3. The van der Waals surface area contributed by atoms with Crippen molar-refractivity contribution in [1.29, 1.82) is 0 Å². The van der Waals surface area contributed by atoms with Crippen LogP contribution in [0, 0.1) is 0 Å². The van der Waals surface area contributed by atoms with Gasteiger partial charge in [0, 0.05) is 19.3 Å². The van der Waals surface area contributed by atoms with E-state index < -0.39 is 0 Å². The van der Waals surface area contributed by atoms with E-state index in [1.807, 2.05) is 0 Å². The maximum atomic E-state index is 8.78. The summed E-state index contributed by atoms with van der Waals surface area (Å²) in [6.45, 7) is 7.40. The monoisotopic (exact) mass is 245 g/mol. The quantitative estimate of drug-likeness (QED) is 0.519. The summed E-state index contributed by atoms with van der Waals surface area (Å²) in [4.78, 5) is 2.50. The van der Waals surface area contributed by atoms with Crippen LogP contribution in [-0.4, -0.2) is 47.5 Å². The molecular weight excluding hydrogens is 214 g/mol. The van der Waals surface area contributed by atoms with E-state index in [1.165, 1.54) is 25.8 Å². The highest BCUT2D eigenvalue weighted by Crippen LogP contribution is 2.07. The number of rotatable bonds is 12. The van der Waals surface area contributed by atoms with Gasteiger partial charge in [-0.1, -0.05) is 19.3 Å². The highest BCUT2D eigenvalue weighted by Gasteiger charge is 2.07. The van der Waals surface area contributed by atoms with Crippen LogP contribution in [0.25, 0.3) is 0 Å². The Hall–Kier alpha value is -0.120. The zero-order chi connectivity index (χ0) is 12.9. The smallest absolute Gasteiger partial charge is 0.0431 e. The van der Waals surface area contributed by atoms with E-state index in [9.17, 15) is 0 Å². The van der Waals surface area contributed by atoms with Gasteiger partial charge in [-0.25, -0.2) is 0 Å². The third kappa shape index (κ3) is 10.7. The predicted octanol–water partition coefficient (Wildman–Crippen LogP) is 2.41. The Morgan fingerprint density at radius 3 is 1.65 bits per heavy atom. The summed E-state index contributed by atoms with van der Waals surface area (Å²) in [6.07, 6.45) is 7.88. The fourth-order valence-electron chi connectivity index (χ4n) is 2.01. The molecule has 0 aromatic heterocycles. The number of aliphatic hydroxyl groups is 2. The maximum absolute atomic E-state index is 8.78. The average molecular weight is 245 g/mol. The fraction of sp³-hybridized carbons (Fsp3) is 1.00. The second kappa shape index (κ2) is 12.3. The molecule has 0 aromatic carbocycles. The molecule has 0 unspecified atom stereocenters. The lowest BCUT2D eigenvalue weighted by Gasteiger charge is -2.26. The van der Waals surface area contributed by atoms with E-state index in [0.29, 0.717) is 19.3 Å². The molecule has 0 aliphatic carbocycles. The fourth-order valence-corrected chi connectivity index (χ4v) is 2.01. The molecule has 0 aliphatic rings. The Bertz CT molecular complexity index is 151. The van der Waals surface area contributed by atoms with Crippen LogP contribution < -0.4 is 0 Å². The van der Waals surface area contributed by atoms with Gasteiger partial charge in [-0.3, -0.25) is 0 Å². The highest BCUT2D eigenvalue weighted by atomic mass is 16.3. The third-order valence-corrected chi connectivity index (χ3v) is 3.19. The zero-order valence-corrected chi connectivity index (χ0v) is 11.7. The maximum Gasteiger partial charge on any atom is 0.0431 e. The van der Waals surface area contributed by atoms with Crippen molar-refractivity contribution in [2.24, 2.45) is 0 Å². The molecule has 0 bridgehead atoms. The van der Waals surface area contributed by atoms with Crippen molar-refractivity contribution in [1.82, 2.24) is 4.90 Å². The van der Waals surface area contributed by atoms with Crippen LogP contribution in [0.15, 0.2) is 0 Å². The number of hydrogen-bond acceptors (Lipinski definition) is 3. The first kappa shape index (κ1) is 16.9. The van der Waals surface area contributed by atoms with Crippen molar-refractivity contribution in [2.45, 2.75) is 64.8 Å². The largest absolute Gasteiger partial charge is 0.396 e. The molecule has 0 saturated carbocycles. The van der Waals surface area contributed by atoms with Gasteiger partial charge >= 0.3 is 0 Å². The summed E-state index contributed by atoms with van der Waals surface area (Å²) in [5.41, 5.74) is 0. The Morgan fingerprint density at radius 2 is 1.12 bits per heavy atom. The van der Waals surface area contributed by atoms with Crippen LogP contribution in [0.4, 0.5) is 0 Å². The molecule has 2 N–H and O–H groups in total. The van der Waals surface area contributed by atoms with Crippen LogP contribution in [-0.2, 0) is 0 Å². The van der Waals surface area contributed by atoms with Gasteiger partial charge in [0.1, 0.15) is 0 Å². The Labute approximate surface area is 107 Å². The van der Waals surface area contributed by atoms with Crippen molar-refractivity contribution in [3.8, 4) is 0 Å². The van der Waals surface area contributed by atoms with E-state index in [2.05, 4.69) is 18.7 Å². The van der Waals surface area contributed by atoms with E-state index in [1.54, 1.807) is 0 Å². The summed E-state index contributed by atoms with van der Waals surface area (Å²) in [5.74, 6) is 0. The van der Waals surface area contributed by atoms with Crippen LogP contribution in [0.1, 0.15) is 58.8 Å². The van der Waals surface area contributed by atoms with Gasteiger partial charge in [0.05, 0.1) is 0 Å². The summed E-state index contributed by atoms with van der Waals surface area (Å²) in [7, 11) is 0. The third-order valence-electron chi connectivity index (χ3n) is 3.19. The lowest BCUT2D eigenvalue weighted by atomic mass is 10.1. The highest BCUT2D eigenvalue weighted by molar-refractivity contribution is 4.63. The molecular formula is C14H31NO2. The van der Waals surface area contributed by atoms with Gasteiger partial charge in [-0.05, 0) is 52.6 Å². The minimum absolute atomic E-state index is 0.313. The topological polar surface area (TPSA) is 43.7 Å². The van der Waals surface area contributed by atoms with Gasteiger partial charge < -0.3 is 15.1 Å². The van der Waals surface area contributed by atoms with Crippen LogP contribution in [0.3, 0.4) is 0 Å². The van der Waals surface area contributed by atoms with Gasteiger partial charge in [-0.2, -0.15) is 0 Å². The van der Waals surface area contributed by atoms with Crippen LogP contribution in [0.2, 0.25) is 0 Å². The molecule has 3 heteroatoms. The first-order valence-electron chi connectivity index (χ1n) is 7.18. The first-order valence-corrected chi connectivity index (χ1v) is 7.18. The van der Waals surface area contributed by atoms with Crippen molar-refractivity contribution in [2.75, 3.05) is 26.3 Å². The minimum Gasteiger partial charge on any atom is -0.396 e. The average Bonchev–Trinajstić information content (AvgIpc) is 2.31. The van der Waals surface area contributed by atoms with Crippen molar-refractivity contribution in [3.63, 3.8) is 0 Å². The lowest BCUT2D eigenvalue weighted by Crippen LogP contribution is -2.32. The van der Waals surface area contributed by atoms with E-state index in [0.717, 1.165) is 32.2 Å². The van der Waals surface area contributed by atoms with E-state index in [4.69, 9.17) is 10.2 Å². The Morgan fingerprint density at radius 1 is 0.706 bits per heavy atom. The van der Waals surface area contributed by atoms with Crippen LogP contribution >= 0.6 is 0 Å². The second-order valence-corrected chi connectivity index (χ2v) is 5.05. The summed E-state index contributed by atoms with van der Waals surface area (Å²) in [6, 6.07) is 0.603. The molecule has 0 amide bonds. The summed E-state index contributed by atoms with van der Waals surface area (Å²) < 4.78 is 0. The number of hydrogen-bond donors (Lipinski definition) is 2. The molecule has 0 rings (SSSR count). The van der Waals surface area contributed by atoms with Crippen LogP contribution in [0.5, 0.6) is 0 Å². The molecule has 0 fully saturated rings. The molecule has 0 aliphatic heterocycles. The molecule has 0 aromatic rings. The predicted molar refractivity (Wildman–Crippen MR) is 73.2 cm³/mol. The molecule has 0 radical (unpaired) electrons. The molecule has 3 nitrogen and oxygen atoms in total. The van der Waals surface area contributed by atoms with Gasteiger partial charge in [0.25, 0.3) is 0 Å². The number of unbranched alkanes of at least 4 members (excludes halogenated alkanes) is 5. The molecule has 0 saturated heterocycles. The van der Waals surface area contributed by atoms with Crippen molar-refractivity contribution >= 4 is 0 Å². The number of nitrogens with zero attached hydrogens (tertiary/aromatic N) is 1. The molecule has 17 heavy (non-hydrogen) atoms. The van der Waals surface area contributed by atoms with Gasteiger partial charge in [0.2, 0.25) is 0 Å². The standard InChI is InChI=1S/C14H31NO2/c1-14(2)15(11-7-9-13-17)10-6-4-3-5-8-12-16/h14,16-17H,3-13H2,1-2H3. The summed E-state index contributed by atoms with van der Waals surface area (Å²) >= 11 is 0. The van der Waals surface area contributed by atoms with E-state index in [-0.39, 0.29) is 0 Å².